The first-order valence-corrected chi connectivity index (χ1v) is 10.2. The van der Waals surface area contributed by atoms with Gasteiger partial charge in [-0.1, -0.05) is 6.92 Å². The van der Waals surface area contributed by atoms with E-state index < -0.39 is 6.10 Å². The largest absolute Gasteiger partial charge is 0.386 e. The van der Waals surface area contributed by atoms with Crippen LogP contribution in [0.15, 0.2) is 10.7 Å². The lowest BCUT2D eigenvalue weighted by molar-refractivity contribution is 0.159. The maximum atomic E-state index is 10.9. The van der Waals surface area contributed by atoms with Crippen LogP contribution in [0.25, 0.3) is 0 Å². The van der Waals surface area contributed by atoms with Crippen LogP contribution in [-0.4, -0.2) is 62.4 Å². The van der Waals surface area contributed by atoms with Crippen LogP contribution in [0.3, 0.4) is 0 Å². The van der Waals surface area contributed by atoms with Crippen molar-refractivity contribution in [2.45, 2.75) is 36.5 Å². The normalized spacial score (nSPS) is 24.5. The predicted molar refractivity (Wildman–Crippen MR) is 96.2 cm³/mol. The lowest BCUT2D eigenvalue weighted by atomic mass is 10.1. The molecule has 0 radical (unpaired) electrons. The highest BCUT2D eigenvalue weighted by molar-refractivity contribution is 9.10. The summed E-state index contributed by atoms with van der Waals surface area (Å²) < 4.78 is 2.86. The van der Waals surface area contributed by atoms with Gasteiger partial charge >= 0.3 is 0 Å². The minimum absolute atomic E-state index is 0.250. The Bertz CT molecular complexity index is 455. The lowest BCUT2D eigenvalue weighted by Crippen LogP contribution is -2.33. The van der Waals surface area contributed by atoms with E-state index in [-0.39, 0.29) is 5.25 Å². The van der Waals surface area contributed by atoms with Crippen molar-refractivity contribution in [3.63, 3.8) is 0 Å². The van der Waals surface area contributed by atoms with Crippen LogP contribution >= 0.6 is 39.5 Å². The predicted octanol–water partition coefficient (Wildman–Crippen LogP) is 2.87. The first kappa shape index (κ1) is 17.7. The van der Waals surface area contributed by atoms with Gasteiger partial charge in [0.1, 0.15) is 6.10 Å². The molecule has 3 unspecified atom stereocenters. The van der Waals surface area contributed by atoms with Gasteiger partial charge in [0.05, 0.1) is 22.9 Å². The molecule has 0 saturated carbocycles. The van der Waals surface area contributed by atoms with E-state index in [4.69, 9.17) is 0 Å². The van der Waals surface area contributed by atoms with Crippen LogP contribution in [0.5, 0.6) is 0 Å². The summed E-state index contributed by atoms with van der Waals surface area (Å²) in [5.41, 5.74) is 0.926. The minimum atomic E-state index is -0.466. The molecule has 1 N–H and O–H groups in total. The molecule has 1 saturated heterocycles. The number of halogens is 1. The van der Waals surface area contributed by atoms with Crippen LogP contribution in [0.4, 0.5) is 0 Å². The first-order chi connectivity index (χ1) is 10.0. The fraction of sp³-hybridized carbons (Fsp3) is 0.786. The number of rotatable bonds is 6. The van der Waals surface area contributed by atoms with Crippen molar-refractivity contribution in [2.24, 2.45) is 0 Å². The zero-order valence-electron chi connectivity index (χ0n) is 12.8. The summed E-state index contributed by atoms with van der Waals surface area (Å²) in [7, 11) is 4.10. The molecule has 0 amide bonds. The Kier molecular flexibility index (Phi) is 6.93. The van der Waals surface area contributed by atoms with Crippen molar-refractivity contribution in [1.29, 1.82) is 0 Å². The Balaban J connectivity index is 2.17. The summed E-state index contributed by atoms with van der Waals surface area (Å²) in [4.78, 5) is 2.13. The molecular weight excluding hydrogens is 370 g/mol. The van der Waals surface area contributed by atoms with Crippen LogP contribution in [0.2, 0.25) is 0 Å². The van der Waals surface area contributed by atoms with E-state index in [1.54, 1.807) is 6.20 Å². The third-order valence-electron chi connectivity index (χ3n) is 3.68. The van der Waals surface area contributed by atoms with Crippen molar-refractivity contribution in [2.75, 3.05) is 32.1 Å². The summed E-state index contributed by atoms with van der Waals surface area (Å²) >= 11 is 7.45. The summed E-state index contributed by atoms with van der Waals surface area (Å²) in [6, 6.07) is 0. The Morgan fingerprint density at radius 3 is 2.86 bits per heavy atom. The van der Waals surface area contributed by atoms with E-state index in [1.165, 1.54) is 5.75 Å². The maximum absolute atomic E-state index is 10.9. The highest BCUT2D eigenvalue weighted by atomic mass is 79.9. The molecule has 0 aromatic carbocycles. The molecule has 0 aliphatic carbocycles. The van der Waals surface area contributed by atoms with E-state index >= 15 is 0 Å². The molecule has 1 fully saturated rings. The highest BCUT2D eigenvalue weighted by Crippen LogP contribution is 2.41. The van der Waals surface area contributed by atoms with Crippen molar-refractivity contribution in [3.8, 4) is 0 Å². The molecular formula is C14H24BrN3OS2. The van der Waals surface area contributed by atoms with Gasteiger partial charge in [-0.3, -0.25) is 4.68 Å². The van der Waals surface area contributed by atoms with Gasteiger partial charge in [-0.2, -0.15) is 28.6 Å². The number of aromatic nitrogens is 2. The van der Waals surface area contributed by atoms with E-state index in [1.807, 2.05) is 28.2 Å². The molecule has 7 heteroatoms. The first-order valence-electron chi connectivity index (χ1n) is 7.31. The van der Waals surface area contributed by atoms with E-state index in [2.05, 4.69) is 46.9 Å². The number of nitrogens with zero attached hydrogens (tertiary/aromatic N) is 3. The SMILES string of the molecule is CCC1SCCSC1C(O)c1c(Br)cnn1CCN(C)C. The van der Waals surface area contributed by atoms with Crippen molar-refractivity contribution < 1.29 is 5.11 Å². The topological polar surface area (TPSA) is 41.3 Å². The molecule has 0 bridgehead atoms. The summed E-state index contributed by atoms with van der Waals surface area (Å²) in [5, 5.41) is 16.1. The van der Waals surface area contributed by atoms with Crippen LogP contribution in [0, 0.1) is 0 Å². The molecule has 1 aliphatic rings. The smallest absolute Gasteiger partial charge is 0.110 e. The number of thioether (sulfide) groups is 2. The molecule has 1 aromatic rings. The van der Waals surface area contributed by atoms with Crippen molar-refractivity contribution in [1.82, 2.24) is 14.7 Å². The lowest BCUT2D eigenvalue weighted by Gasteiger charge is -2.33. The highest BCUT2D eigenvalue weighted by Gasteiger charge is 2.34. The number of hydrogen-bond donors (Lipinski definition) is 1. The van der Waals surface area contributed by atoms with Crippen molar-refractivity contribution in [3.05, 3.63) is 16.4 Å². The quantitative estimate of drug-likeness (QED) is 0.804. The Hall–Kier alpha value is 0.310. The van der Waals surface area contributed by atoms with Gasteiger partial charge in [0, 0.05) is 28.6 Å². The van der Waals surface area contributed by atoms with Crippen LogP contribution in [-0.2, 0) is 6.54 Å². The van der Waals surface area contributed by atoms with Crippen LogP contribution < -0.4 is 0 Å². The molecule has 2 heterocycles. The van der Waals surface area contributed by atoms with Gasteiger partial charge in [0.15, 0.2) is 0 Å². The van der Waals surface area contributed by atoms with E-state index in [0.717, 1.165) is 35.4 Å². The van der Waals surface area contributed by atoms with Gasteiger partial charge in [0.25, 0.3) is 0 Å². The zero-order valence-corrected chi connectivity index (χ0v) is 16.0. The second-order valence-corrected chi connectivity index (χ2v) is 8.99. The molecule has 1 aromatic heterocycles. The fourth-order valence-corrected chi connectivity index (χ4v) is 6.16. The van der Waals surface area contributed by atoms with E-state index in [0.29, 0.717) is 5.25 Å². The fourth-order valence-electron chi connectivity index (χ4n) is 2.52. The zero-order chi connectivity index (χ0) is 15.4. The second kappa shape index (κ2) is 8.24. The molecule has 4 nitrogen and oxygen atoms in total. The summed E-state index contributed by atoms with van der Waals surface area (Å²) in [6.07, 6.45) is 2.44. The van der Waals surface area contributed by atoms with Gasteiger partial charge < -0.3 is 10.0 Å². The number of hydrogen-bond acceptors (Lipinski definition) is 5. The Labute approximate surface area is 144 Å². The third-order valence-corrected chi connectivity index (χ3v) is 7.63. The number of aliphatic hydroxyl groups is 1. The van der Waals surface area contributed by atoms with Gasteiger partial charge in [-0.15, -0.1) is 0 Å². The third kappa shape index (κ3) is 4.41. The average Bonchev–Trinajstić information content (AvgIpc) is 2.85. The van der Waals surface area contributed by atoms with Gasteiger partial charge in [-0.05, 0) is 36.4 Å². The molecule has 2 rings (SSSR count). The molecule has 0 spiro atoms. The van der Waals surface area contributed by atoms with Crippen molar-refractivity contribution >= 4 is 39.5 Å². The monoisotopic (exact) mass is 393 g/mol. The maximum Gasteiger partial charge on any atom is 0.110 e. The van der Waals surface area contributed by atoms with Crippen LogP contribution in [0.1, 0.15) is 25.1 Å². The van der Waals surface area contributed by atoms with Gasteiger partial charge in [-0.25, -0.2) is 0 Å². The summed E-state index contributed by atoms with van der Waals surface area (Å²) in [6.45, 7) is 3.92. The molecule has 120 valence electrons. The minimum Gasteiger partial charge on any atom is -0.386 e. The molecule has 1 aliphatic heterocycles. The molecule has 3 atom stereocenters. The second-order valence-electron chi connectivity index (χ2n) is 5.50. The number of aliphatic hydroxyl groups excluding tert-OH is 1. The Morgan fingerprint density at radius 1 is 1.48 bits per heavy atom. The van der Waals surface area contributed by atoms with Gasteiger partial charge in [0.2, 0.25) is 0 Å². The molecule has 21 heavy (non-hydrogen) atoms. The Morgan fingerprint density at radius 2 is 2.19 bits per heavy atom. The summed E-state index contributed by atoms with van der Waals surface area (Å²) in [5.74, 6) is 2.31. The number of likely N-dealkylation sites (N-methyl/N-ethyl adjacent to an activating group) is 1. The standard InChI is InChI=1S/C14H24BrN3OS2/c1-4-11-14(21-8-7-20-11)13(19)12-10(15)9-16-18(12)6-5-17(2)3/h9,11,13-14,19H,4-8H2,1-3H3. The van der Waals surface area contributed by atoms with E-state index in [9.17, 15) is 5.11 Å². The average molecular weight is 394 g/mol.